The number of pyridine rings is 1. The summed E-state index contributed by atoms with van der Waals surface area (Å²) in [5.41, 5.74) is 9.89. The van der Waals surface area contributed by atoms with Gasteiger partial charge in [-0.25, -0.2) is 0 Å². The SMILES string of the molecule is Cc1ccc(-c2ccccc2C(N)=O)c2cccnc12. The molecule has 0 radical (unpaired) electrons. The van der Waals surface area contributed by atoms with Crippen LogP contribution in [0.2, 0.25) is 0 Å². The lowest BCUT2D eigenvalue weighted by Gasteiger charge is -2.11. The number of benzene rings is 2. The van der Waals surface area contributed by atoms with Crippen molar-refractivity contribution in [2.45, 2.75) is 6.92 Å². The molecule has 0 aliphatic heterocycles. The third kappa shape index (κ3) is 1.93. The number of rotatable bonds is 2. The average molecular weight is 262 g/mol. The van der Waals surface area contributed by atoms with Crippen LogP contribution < -0.4 is 5.73 Å². The van der Waals surface area contributed by atoms with Crippen LogP contribution in [0.3, 0.4) is 0 Å². The van der Waals surface area contributed by atoms with Crippen LogP contribution in [0.1, 0.15) is 15.9 Å². The third-order valence-electron chi connectivity index (χ3n) is 3.45. The summed E-state index contributed by atoms with van der Waals surface area (Å²) in [4.78, 5) is 16.0. The van der Waals surface area contributed by atoms with Gasteiger partial charge in [0.15, 0.2) is 0 Å². The number of hydrogen-bond acceptors (Lipinski definition) is 2. The minimum absolute atomic E-state index is 0.418. The van der Waals surface area contributed by atoms with E-state index in [2.05, 4.69) is 4.98 Å². The van der Waals surface area contributed by atoms with E-state index in [4.69, 9.17) is 5.73 Å². The number of primary amides is 1. The second kappa shape index (κ2) is 4.78. The van der Waals surface area contributed by atoms with Gasteiger partial charge < -0.3 is 5.73 Å². The van der Waals surface area contributed by atoms with Crippen LogP contribution in [-0.4, -0.2) is 10.9 Å². The van der Waals surface area contributed by atoms with Gasteiger partial charge in [-0.15, -0.1) is 0 Å². The average Bonchev–Trinajstić information content (AvgIpc) is 2.48. The topological polar surface area (TPSA) is 56.0 Å². The first-order valence-corrected chi connectivity index (χ1v) is 6.42. The van der Waals surface area contributed by atoms with E-state index < -0.39 is 5.91 Å². The highest BCUT2D eigenvalue weighted by Crippen LogP contribution is 2.31. The zero-order valence-electron chi connectivity index (χ0n) is 11.1. The summed E-state index contributed by atoms with van der Waals surface area (Å²) < 4.78 is 0. The quantitative estimate of drug-likeness (QED) is 0.770. The van der Waals surface area contributed by atoms with Crippen molar-refractivity contribution in [2.24, 2.45) is 5.73 Å². The Bertz CT molecular complexity index is 809. The van der Waals surface area contributed by atoms with Crippen LogP contribution >= 0.6 is 0 Å². The molecule has 0 saturated carbocycles. The van der Waals surface area contributed by atoms with Crippen LogP contribution in [0, 0.1) is 6.92 Å². The predicted molar refractivity (Wildman–Crippen MR) is 80.4 cm³/mol. The monoisotopic (exact) mass is 262 g/mol. The van der Waals surface area contributed by atoms with E-state index in [1.165, 1.54) is 0 Å². The number of nitrogens with zero attached hydrogens (tertiary/aromatic N) is 1. The van der Waals surface area contributed by atoms with Gasteiger partial charge in [-0.3, -0.25) is 9.78 Å². The summed E-state index contributed by atoms with van der Waals surface area (Å²) in [7, 11) is 0. The standard InChI is InChI=1S/C17H14N2O/c1-11-8-9-13(14-7-4-10-19-16(11)14)12-5-2-3-6-15(12)17(18)20/h2-10H,1H3,(H2,18,20). The van der Waals surface area contributed by atoms with Crippen LogP contribution in [0.25, 0.3) is 22.0 Å². The number of carbonyl (C=O) groups is 1. The molecule has 0 spiro atoms. The summed E-state index contributed by atoms with van der Waals surface area (Å²) in [6.07, 6.45) is 1.78. The van der Waals surface area contributed by atoms with Crippen molar-refractivity contribution in [3.8, 4) is 11.1 Å². The smallest absolute Gasteiger partial charge is 0.249 e. The fourth-order valence-electron chi connectivity index (χ4n) is 2.48. The molecule has 3 aromatic rings. The summed E-state index contributed by atoms with van der Waals surface area (Å²) in [5.74, 6) is -0.418. The van der Waals surface area contributed by atoms with Crippen LogP contribution in [0.15, 0.2) is 54.7 Å². The van der Waals surface area contributed by atoms with Gasteiger partial charge in [0.05, 0.1) is 5.52 Å². The molecule has 98 valence electrons. The summed E-state index contributed by atoms with van der Waals surface area (Å²) >= 11 is 0. The van der Waals surface area contributed by atoms with Gasteiger partial charge in [-0.1, -0.05) is 36.4 Å². The maximum Gasteiger partial charge on any atom is 0.249 e. The molecular formula is C17H14N2O. The lowest BCUT2D eigenvalue weighted by atomic mass is 9.94. The van der Waals surface area contributed by atoms with Gasteiger partial charge in [0, 0.05) is 17.1 Å². The normalized spacial score (nSPS) is 10.7. The Hall–Kier alpha value is -2.68. The molecule has 20 heavy (non-hydrogen) atoms. The first kappa shape index (κ1) is 12.4. The first-order chi connectivity index (χ1) is 9.68. The third-order valence-corrected chi connectivity index (χ3v) is 3.45. The van der Waals surface area contributed by atoms with Gasteiger partial charge in [-0.05, 0) is 35.7 Å². The molecule has 2 N–H and O–H groups in total. The Morgan fingerprint density at radius 3 is 2.60 bits per heavy atom. The molecule has 0 saturated heterocycles. The maximum absolute atomic E-state index is 11.6. The zero-order chi connectivity index (χ0) is 14.1. The maximum atomic E-state index is 11.6. The largest absolute Gasteiger partial charge is 0.366 e. The van der Waals surface area contributed by atoms with Crippen molar-refractivity contribution < 1.29 is 4.79 Å². The molecule has 0 aliphatic carbocycles. The van der Waals surface area contributed by atoms with Crippen molar-refractivity contribution >= 4 is 16.8 Å². The Labute approximate surface area is 117 Å². The molecular weight excluding hydrogens is 248 g/mol. The molecule has 3 heteroatoms. The second-order valence-electron chi connectivity index (χ2n) is 4.74. The second-order valence-corrected chi connectivity index (χ2v) is 4.74. The van der Waals surface area contributed by atoms with Crippen LogP contribution in [-0.2, 0) is 0 Å². The lowest BCUT2D eigenvalue weighted by molar-refractivity contribution is 0.100. The van der Waals surface area contributed by atoms with Crippen molar-refractivity contribution in [3.63, 3.8) is 0 Å². The Kier molecular flexibility index (Phi) is 2.95. The Morgan fingerprint density at radius 1 is 1.00 bits per heavy atom. The fraction of sp³-hybridized carbons (Fsp3) is 0.0588. The van der Waals surface area contributed by atoms with E-state index in [9.17, 15) is 4.79 Å². The van der Waals surface area contributed by atoms with Gasteiger partial charge in [0.1, 0.15) is 0 Å². The minimum Gasteiger partial charge on any atom is -0.366 e. The Morgan fingerprint density at radius 2 is 1.80 bits per heavy atom. The minimum atomic E-state index is -0.418. The number of nitrogens with two attached hydrogens (primary N) is 1. The summed E-state index contributed by atoms with van der Waals surface area (Å²) in [5, 5.41) is 1.03. The zero-order valence-corrected chi connectivity index (χ0v) is 11.1. The first-order valence-electron chi connectivity index (χ1n) is 6.42. The number of aryl methyl sites for hydroxylation is 1. The molecule has 0 aliphatic rings. The highest BCUT2D eigenvalue weighted by Gasteiger charge is 2.12. The Balaban J connectivity index is 2.37. The molecule has 1 heterocycles. The van der Waals surface area contributed by atoms with Crippen LogP contribution in [0.4, 0.5) is 0 Å². The molecule has 0 fully saturated rings. The van der Waals surface area contributed by atoms with Crippen molar-refractivity contribution in [1.82, 2.24) is 4.98 Å². The van der Waals surface area contributed by atoms with Gasteiger partial charge >= 0.3 is 0 Å². The fourth-order valence-corrected chi connectivity index (χ4v) is 2.48. The van der Waals surface area contributed by atoms with E-state index in [0.717, 1.165) is 27.6 Å². The molecule has 3 nitrogen and oxygen atoms in total. The number of carbonyl (C=O) groups excluding carboxylic acids is 1. The predicted octanol–water partition coefficient (Wildman–Crippen LogP) is 3.31. The van der Waals surface area contributed by atoms with Crippen molar-refractivity contribution in [1.29, 1.82) is 0 Å². The lowest BCUT2D eigenvalue weighted by Crippen LogP contribution is -2.12. The van der Waals surface area contributed by atoms with Crippen molar-refractivity contribution in [3.05, 3.63) is 65.9 Å². The summed E-state index contributed by atoms with van der Waals surface area (Å²) in [6.45, 7) is 2.03. The van der Waals surface area contributed by atoms with E-state index >= 15 is 0 Å². The van der Waals surface area contributed by atoms with Crippen molar-refractivity contribution in [2.75, 3.05) is 0 Å². The van der Waals surface area contributed by atoms with E-state index in [1.807, 2.05) is 49.4 Å². The molecule has 0 atom stereocenters. The number of aromatic nitrogens is 1. The molecule has 2 aromatic carbocycles. The molecule has 0 unspecified atom stereocenters. The number of fused-ring (bicyclic) bond motifs is 1. The van der Waals surface area contributed by atoms with Gasteiger partial charge in [-0.2, -0.15) is 0 Å². The molecule has 1 aromatic heterocycles. The number of hydrogen-bond donors (Lipinski definition) is 1. The number of amides is 1. The molecule has 1 amide bonds. The molecule has 3 rings (SSSR count). The van der Waals surface area contributed by atoms with E-state index in [0.29, 0.717) is 5.56 Å². The van der Waals surface area contributed by atoms with Gasteiger partial charge in [0.2, 0.25) is 5.91 Å². The van der Waals surface area contributed by atoms with E-state index in [-0.39, 0.29) is 0 Å². The van der Waals surface area contributed by atoms with E-state index in [1.54, 1.807) is 12.3 Å². The highest BCUT2D eigenvalue weighted by atomic mass is 16.1. The summed E-state index contributed by atoms with van der Waals surface area (Å²) in [6, 6.07) is 15.3. The van der Waals surface area contributed by atoms with Crippen LogP contribution in [0.5, 0.6) is 0 Å². The molecule has 0 bridgehead atoms. The van der Waals surface area contributed by atoms with Gasteiger partial charge in [0.25, 0.3) is 0 Å². The highest BCUT2D eigenvalue weighted by molar-refractivity contribution is 6.05.